The number of hydrogen-bond acceptors (Lipinski definition) is 3. The molecule has 0 aliphatic rings. The van der Waals surface area contributed by atoms with E-state index in [0.717, 1.165) is 25.7 Å². The van der Waals surface area contributed by atoms with Crippen LogP contribution in [0.4, 0.5) is 0 Å². The molecule has 0 saturated carbocycles. The van der Waals surface area contributed by atoms with E-state index in [1.54, 1.807) is 0 Å². The van der Waals surface area contributed by atoms with E-state index in [0.29, 0.717) is 0 Å². The van der Waals surface area contributed by atoms with Crippen molar-refractivity contribution in [3.8, 4) is 0 Å². The van der Waals surface area contributed by atoms with Crippen LogP contribution in [0.25, 0.3) is 0 Å². The summed E-state index contributed by atoms with van der Waals surface area (Å²) in [6, 6.07) is 5.68. The first-order valence-corrected chi connectivity index (χ1v) is 6.41. The second-order valence-electron chi connectivity index (χ2n) is 1.78. The fourth-order valence-corrected chi connectivity index (χ4v) is 2.44. The molecule has 0 bridgehead atoms. The minimum atomic E-state index is 0.857. The largest absolute Gasteiger partial charge is 0.142 e. The predicted octanol–water partition coefficient (Wildman–Crippen LogP) is 4.47. The van der Waals surface area contributed by atoms with E-state index in [4.69, 9.17) is 21.4 Å². The first kappa shape index (κ1) is 9.93. The normalized spacial score (nSPS) is 10.1. The molecule has 0 aromatic heterocycles. The van der Waals surface area contributed by atoms with Gasteiger partial charge in [-0.3, -0.25) is 0 Å². The molecule has 60 valence electrons. The molecule has 11 heavy (non-hydrogen) atoms. The third-order valence-corrected chi connectivity index (χ3v) is 3.61. The Bertz CT molecular complexity index is 252. The van der Waals surface area contributed by atoms with Gasteiger partial charge < -0.3 is 0 Å². The average molecular weight is 243 g/mol. The molecule has 0 amide bonds. The van der Waals surface area contributed by atoms with Crippen LogP contribution >= 0.6 is 55.9 Å². The first-order chi connectivity index (χ1) is 5.27. The highest BCUT2D eigenvalue weighted by atomic mass is 35.7. The van der Waals surface area contributed by atoms with Crippen molar-refractivity contribution in [3.05, 3.63) is 18.2 Å². The van der Waals surface area contributed by atoms with E-state index >= 15 is 0 Å². The van der Waals surface area contributed by atoms with Gasteiger partial charge >= 0.3 is 0 Å². The zero-order valence-electron chi connectivity index (χ0n) is 5.25. The van der Waals surface area contributed by atoms with Crippen LogP contribution in [0, 0.1) is 0 Å². The van der Waals surface area contributed by atoms with Crippen LogP contribution in [-0.4, -0.2) is 0 Å². The fourth-order valence-electron chi connectivity index (χ4n) is 0.610. The van der Waals surface area contributed by atoms with E-state index in [1.165, 1.54) is 11.0 Å². The van der Waals surface area contributed by atoms with Gasteiger partial charge in [0, 0.05) is 14.7 Å². The zero-order chi connectivity index (χ0) is 8.27. The predicted molar refractivity (Wildman–Crippen MR) is 57.1 cm³/mol. The highest BCUT2D eigenvalue weighted by Gasteiger charge is 1.99. The van der Waals surface area contributed by atoms with Gasteiger partial charge in [0.2, 0.25) is 0 Å². The van der Waals surface area contributed by atoms with Crippen molar-refractivity contribution in [2.24, 2.45) is 0 Å². The number of thiol groups is 1. The van der Waals surface area contributed by atoms with Gasteiger partial charge in [-0.25, -0.2) is 0 Å². The van der Waals surface area contributed by atoms with Gasteiger partial charge in [-0.2, -0.15) is 0 Å². The maximum atomic E-state index is 5.56. The van der Waals surface area contributed by atoms with Crippen molar-refractivity contribution in [2.45, 2.75) is 14.7 Å². The molecule has 0 heterocycles. The lowest BCUT2D eigenvalue weighted by atomic mass is 10.4. The Morgan fingerprint density at radius 1 is 1.18 bits per heavy atom. The van der Waals surface area contributed by atoms with E-state index in [9.17, 15) is 0 Å². The van der Waals surface area contributed by atoms with Gasteiger partial charge in [-0.1, -0.05) is 0 Å². The molecule has 0 unspecified atom stereocenters. The summed E-state index contributed by atoms with van der Waals surface area (Å²) >= 11 is 4.22. The third-order valence-electron chi connectivity index (χ3n) is 1.10. The van der Waals surface area contributed by atoms with Crippen LogP contribution in [-0.2, 0) is 0 Å². The summed E-state index contributed by atoms with van der Waals surface area (Å²) in [5.41, 5.74) is 0. The Hall–Kier alpha value is 0.850. The summed E-state index contributed by atoms with van der Waals surface area (Å²) in [4.78, 5) is 2.78. The lowest BCUT2D eigenvalue weighted by Gasteiger charge is -2.00. The van der Waals surface area contributed by atoms with Crippen molar-refractivity contribution in [2.75, 3.05) is 0 Å². The average Bonchev–Trinajstić information content (AvgIpc) is 2.04. The van der Waals surface area contributed by atoms with Crippen molar-refractivity contribution < 1.29 is 0 Å². The van der Waals surface area contributed by atoms with Crippen LogP contribution in [0.5, 0.6) is 0 Å². The Balaban J connectivity index is 2.99. The summed E-state index contributed by atoms with van der Waals surface area (Å²) in [6.07, 6.45) is 0. The topological polar surface area (TPSA) is 0 Å². The van der Waals surface area contributed by atoms with Gasteiger partial charge in [0.05, 0.1) is 0 Å². The molecule has 0 spiro atoms. The lowest BCUT2D eigenvalue weighted by Crippen LogP contribution is -1.73. The summed E-state index contributed by atoms with van der Waals surface area (Å²) < 4.78 is 0. The van der Waals surface area contributed by atoms with Gasteiger partial charge in [0.1, 0.15) is 0 Å². The molecule has 0 fully saturated rings. The molecule has 0 N–H and O–H groups in total. The van der Waals surface area contributed by atoms with E-state index in [-0.39, 0.29) is 0 Å². The molecule has 0 aliphatic heterocycles. The quantitative estimate of drug-likeness (QED) is 0.761. The van der Waals surface area contributed by atoms with Crippen LogP contribution in [0.2, 0.25) is 0 Å². The molecular weight excluding hydrogens is 239 g/mol. The summed E-state index contributed by atoms with van der Waals surface area (Å²) in [6.45, 7) is 0. The molecule has 1 aromatic rings. The van der Waals surface area contributed by atoms with Crippen LogP contribution in [0.3, 0.4) is 0 Å². The Labute approximate surface area is 88.4 Å². The van der Waals surface area contributed by atoms with E-state index in [1.807, 2.05) is 18.2 Å². The van der Waals surface area contributed by atoms with Crippen molar-refractivity contribution in [3.63, 3.8) is 0 Å². The molecule has 1 rings (SSSR count). The van der Waals surface area contributed by atoms with Crippen molar-refractivity contribution in [1.82, 2.24) is 0 Å². The van der Waals surface area contributed by atoms with Crippen molar-refractivity contribution in [1.29, 1.82) is 0 Å². The summed E-state index contributed by atoms with van der Waals surface area (Å²) in [5.74, 6) is 0. The summed E-state index contributed by atoms with van der Waals surface area (Å²) in [7, 11) is 13.4. The van der Waals surface area contributed by atoms with Crippen molar-refractivity contribution >= 4 is 55.9 Å². The van der Waals surface area contributed by atoms with Gasteiger partial charge in [0.15, 0.2) is 0 Å². The van der Waals surface area contributed by atoms with Crippen LogP contribution in [0.1, 0.15) is 0 Å². The molecular formula is C6H4Cl2S3. The van der Waals surface area contributed by atoms with Crippen LogP contribution in [0.15, 0.2) is 32.9 Å². The molecule has 0 nitrogen and oxygen atoms in total. The second-order valence-corrected chi connectivity index (χ2v) is 4.41. The maximum absolute atomic E-state index is 5.56. The Morgan fingerprint density at radius 2 is 1.91 bits per heavy atom. The van der Waals surface area contributed by atoms with E-state index < -0.39 is 0 Å². The second kappa shape index (κ2) is 4.77. The molecule has 0 radical (unpaired) electrons. The zero-order valence-corrected chi connectivity index (χ0v) is 9.29. The lowest BCUT2D eigenvalue weighted by molar-refractivity contribution is 1.20. The van der Waals surface area contributed by atoms with Gasteiger partial charge in [0.25, 0.3) is 0 Å². The highest BCUT2D eigenvalue weighted by Crippen LogP contribution is 2.32. The molecule has 1 aromatic carbocycles. The Kier molecular flexibility index (Phi) is 4.31. The number of benzene rings is 1. The summed E-state index contributed by atoms with van der Waals surface area (Å²) in [5, 5.41) is 0. The Morgan fingerprint density at radius 3 is 2.36 bits per heavy atom. The third kappa shape index (κ3) is 2.67. The molecule has 0 saturated heterocycles. The fraction of sp³-hybridized carbons (Fsp3) is 0. The smallest absolute Gasteiger partial charge is 0.0367 e. The first-order valence-electron chi connectivity index (χ1n) is 2.68. The minimum absolute atomic E-state index is 0.857. The van der Waals surface area contributed by atoms with E-state index in [2.05, 4.69) is 12.6 Å². The SMILES string of the molecule is Sc1cc(SCl)ccc1SCl. The minimum Gasteiger partial charge on any atom is -0.142 e. The highest BCUT2D eigenvalue weighted by molar-refractivity contribution is 8.21. The number of halogens is 2. The monoisotopic (exact) mass is 242 g/mol. The maximum Gasteiger partial charge on any atom is 0.0367 e. The standard InChI is InChI=1S/C6H4Cl2S3/c7-10-4-1-2-6(11-8)5(9)3-4/h1-3,9H. The molecule has 0 aliphatic carbocycles. The number of rotatable bonds is 2. The van der Waals surface area contributed by atoms with Gasteiger partial charge in [-0.05, 0) is 61.5 Å². The van der Waals surface area contributed by atoms with Crippen LogP contribution < -0.4 is 0 Å². The molecule has 0 atom stereocenters. The van der Waals surface area contributed by atoms with Gasteiger partial charge in [-0.15, -0.1) is 12.6 Å². The molecule has 5 heteroatoms. The number of hydrogen-bond donors (Lipinski definition) is 1.